The first-order valence-electron chi connectivity index (χ1n) is 11.7. The van der Waals surface area contributed by atoms with Gasteiger partial charge in [-0.05, 0) is 23.6 Å². The standard InChI is InChI=1S/C26H25N7O3/c1-31-16-21(15-29-31)33-9-7-24(35)23(30-33)12-18-4-2-5-20(10-18)26-27-13-19(14-28-26)11-22(34)17-32-8-3-6-25(32)36/h2,4-5,7,9-10,13-16H,3,6,8,11-12,17H2,1H3. The van der Waals surface area contributed by atoms with Crippen LogP contribution in [0.5, 0.6) is 0 Å². The van der Waals surface area contributed by atoms with E-state index in [-0.39, 0.29) is 30.1 Å². The molecule has 1 aliphatic rings. The van der Waals surface area contributed by atoms with E-state index in [2.05, 4.69) is 20.2 Å². The maximum Gasteiger partial charge on any atom is 0.223 e. The molecule has 36 heavy (non-hydrogen) atoms. The van der Waals surface area contributed by atoms with Crippen LogP contribution in [0.25, 0.3) is 17.1 Å². The van der Waals surface area contributed by atoms with Gasteiger partial charge in [0.1, 0.15) is 11.4 Å². The van der Waals surface area contributed by atoms with Gasteiger partial charge in [0.2, 0.25) is 11.3 Å². The second-order valence-electron chi connectivity index (χ2n) is 8.87. The van der Waals surface area contributed by atoms with Gasteiger partial charge < -0.3 is 4.90 Å². The third kappa shape index (κ3) is 5.27. The fourth-order valence-electron chi connectivity index (χ4n) is 4.22. The van der Waals surface area contributed by atoms with Gasteiger partial charge in [-0.2, -0.15) is 10.2 Å². The van der Waals surface area contributed by atoms with Gasteiger partial charge in [-0.3, -0.25) is 19.1 Å². The highest BCUT2D eigenvalue weighted by Crippen LogP contribution is 2.18. The number of benzene rings is 1. The van der Waals surface area contributed by atoms with Gasteiger partial charge in [0.25, 0.3) is 0 Å². The Labute approximate surface area is 207 Å². The average molecular weight is 484 g/mol. The second-order valence-corrected chi connectivity index (χ2v) is 8.87. The van der Waals surface area contributed by atoms with Gasteiger partial charge in [-0.1, -0.05) is 18.2 Å². The first-order valence-corrected chi connectivity index (χ1v) is 11.7. The molecule has 10 heteroatoms. The molecular weight excluding hydrogens is 458 g/mol. The number of likely N-dealkylation sites (tertiary alicyclic amines) is 1. The van der Waals surface area contributed by atoms with Gasteiger partial charge in [0, 0.05) is 63.1 Å². The van der Waals surface area contributed by atoms with Gasteiger partial charge >= 0.3 is 0 Å². The zero-order valence-corrected chi connectivity index (χ0v) is 19.9. The molecule has 1 amide bonds. The highest BCUT2D eigenvalue weighted by molar-refractivity contribution is 5.88. The van der Waals surface area contributed by atoms with Crippen LogP contribution in [-0.2, 0) is 29.5 Å². The van der Waals surface area contributed by atoms with E-state index in [1.165, 1.54) is 6.07 Å². The largest absolute Gasteiger partial charge is 0.335 e. The van der Waals surface area contributed by atoms with Crippen molar-refractivity contribution in [2.75, 3.05) is 13.1 Å². The van der Waals surface area contributed by atoms with Gasteiger partial charge in [0.15, 0.2) is 11.6 Å². The maximum atomic E-state index is 12.4. The summed E-state index contributed by atoms with van der Waals surface area (Å²) in [5.41, 5.74) is 3.46. The van der Waals surface area contributed by atoms with Crippen LogP contribution in [-0.4, -0.2) is 59.2 Å². The molecule has 0 bridgehead atoms. The summed E-state index contributed by atoms with van der Waals surface area (Å²) in [6.45, 7) is 0.783. The average Bonchev–Trinajstić information content (AvgIpc) is 3.49. The minimum atomic E-state index is -0.138. The zero-order chi connectivity index (χ0) is 25.1. The summed E-state index contributed by atoms with van der Waals surface area (Å²) < 4.78 is 3.31. The Morgan fingerprint density at radius 1 is 1.06 bits per heavy atom. The van der Waals surface area contributed by atoms with Crippen LogP contribution in [0.2, 0.25) is 0 Å². The molecule has 0 N–H and O–H groups in total. The number of nitrogens with zero attached hydrogens (tertiary/aromatic N) is 7. The molecular formula is C26H25N7O3. The predicted molar refractivity (Wildman–Crippen MR) is 131 cm³/mol. The number of hydrogen-bond acceptors (Lipinski definition) is 7. The van der Waals surface area contributed by atoms with Crippen molar-refractivity contribution in [2.45, 2.75) is 25.7 Å². The lowest BCUT2D eigenvalue weighted by Gasteiger charge is -2.14. The molecule has 0 atom stereocenters. The summed E-state index contributed by atoms with van der Waals surface area (Å²) in [6.07, 6.45) is 10.3. The topological polar surface area (TPSA) is 116 Å². The highest BCUT2D eigenvalue weighted by Gasteiger charge is 2.22. The summed E-state index contributed by atoms with van der Waals surface area (Å²) in [5.74, 6) is 0.531. The van der Waals surface area contributed by atoms with Crippen molar-refractivity contribution in [1.29, 1.82) is 0 Å². The Kier molecular flexibility index (Phi) is 6.48. The molecule has 1 aliphatic heterocycles. The molecule has 1 fully saturated rings. The highest BCUT2D eigenvalue weighted by atomic mass is 16.2. The van der Waals surface area contributed by atoms with Gasteiger partial charge in [-0.15, -0.1) is 0 Å². The lowest BCUT2D eigenvalue weighted by molar-refractivity contribution is -0.132. The van der Waals surface area contributed by atoms with Crippen LogP contribution >= 0.6 is 0 Å². The van der Waals surface area contributed by atoms with Crippen LogP contribution in [0.1, 0.15) is 29.7 Å². The first-order chi connectivity index (χ1) is 17.4. The molecule has 4 aromatic rings. The summed E-state index contributed by atoms with van der Waals surface area (Å²) in [5, 5.41) is 8.65. The lowest BCUT2D eigenvalue weighted by Crippen LogP contribution is -2.31. The van der Waals surface area contributed by atoms with E-state index in [1.807, 2.05) is 37.5 Å². The van der Waals surface area contributed by atoms with Gasteiger partial charge in [0.05, 0.1) is 18.9 Å². The van der Waals surface area contributed by atoms with Gasteiger partial charge in [-0.25, -0.2) is 14.6 Å². The molecule has 0 aliphatic carbocycles. The molecule has 182 valence electrons. The molecule has 4 heterocycles. The minimum absolute atomic E-state index is 0.0316. The summed E-state index contributed by atoms with van der Waals surface area (Å²) in [6, 6.07) is 9.15. The number of rotatable bonds is 8. The number of aromatic nitrogens is 6. The molecule has 3 aromatic heterocycles. The monoisotopic (exact) mass is 483 g/mol. The van der Waals surface area contributed by atoms with Crippen molar-refractivity contribution >= 4 is 11.7 Å². The zero-order valence-electron chi connectivity index (χ0n) is 19.9. The number of Topliss-reactive ketones (excluding diaryl/α,β-unsaturated/α-hetero) is 1. The first kappa shape index (κ1) is 23.3. The van der Waals surface area contributed by atoms with Crippen molar-refractivity contribution in [2.24, 2.45) is 7.05 Å². The van der Waals surface area contributed by atoms with E-state index >= 15 is 0 Å². The smallest absolute Gasteiger partial charge is 0.223 e. The fourth-order valence-corrected chi connectivity index (χ4v) is 4.22. The van der Waals surface area contributed by atoms with E-state index in [0.717, 1.165) is 23.2 Å². The minimum Gasteiger partial charge on any atom is -0.335 e. The predicted octanol–water partition coefficient (Wildman–Crippen LogP) is 1.75. The SMILES string of the molecule is Cn1cc(-n2ccc(=O)c(Cc3cccc(-c4ncc(CC(=O)CN5CCCC5=O)cn4)c3)n2)cn1. The molecule has 1 aromatic carbocycles. The van der Waals surface area contributed by atoms with Crippen LogP contribution < -0.4 is 5.43 Å². The van der Waals surface area contributed by atoms with E-state index in [4.69, 9.17) is 0 Å². The number of hydrogen-bond donors (Lipinski definition) is 0. The number of carbonyl (C=O) groups is 2. The normalized spacial score (nSPS) is 13.4. The van der Waals surface area contributed by atoms with Crippen LogP contribution in [0.3, 0.4) is 0 Å². The maximum absolute atomic E-state index is 12.4. The van der Waals surface area contributed by atoms with Crippen LogP contribution in [0.4, 0.5) is 0 Å². The quantitative estimate of drug-likeness (QED) is 0.375. The van der Waals surface area contributed by atoms with E-state index in [1.54, 1.807) is 39.1 Å². The van der Waals surface area contributed by atoms with E-state index in [0.29, 0.717) is 36.5 Å². The molecule has 1 saturated heterocycles. The number of ketones is 1. The Morgan fingerprint density at radius 3 is 2.61 bits per heavy atom. The Bertz CT molecular complexity index is 1470. The van der Waals surface area contributed by atoms with Crippen molar-refractivity contribution in [1.82, 2.24) is 34.4 Å². The summed E-state index contributed by atoms with van der Waals surface area (Å²) >= 11 is 0. The lowest BCUT2D eigenvalue weighted by atomic mass is 10.1. The number of carbonyl (C=O) groups excluding carboxylic acids is 2. The second kappa shape index (κ2) is 10.0. The van der Waals surface area contributed by atoms with Crippen molar-refractivity contribution in [3.8, 4) is 17.1 Å². The Morgan fingerprint density at radius 2 is 1.89 bits per heavy atom. The Balaban J connectivity index is 1.28. The summed E-state index contributed by atoms with van der Waals surface area (Å²) in [7, 11) is 1.82. The van der Waals surface area contributed by atoms with Crippen LogP contribution in [0, 0.1) is 0 Å². The molecule has 0 unspecified atom stereocenters. The Hall–Kier alpha value is -4.47. The molecule has 5 rings (SSSR count). The number of amides is 1. The van der Waals surface area contributed by atoms with Crippen LogP contribution in [0.15, 0.2) is 66.1 Å². The molecule has 0 radical (unpaired) electrons. The number of aryl methyl sites for hydroxylation is 1. The summed E-state index contributed by atoms with van der Waals surface area (Å²) in [4.78, 5) is 47.0. The van der Waals surface area contributed by atoms with Crippen molar-refractivity contribution in [3.63, 3.8) is 0 Å². The molecule has 0 saturated carbocycles. The fraction of sp³-hybridized carbons (Fsp3) is 0.269. The third-order valence-corrected chi connectivity index (χ3v) is 6.04. The molecule has 10 nitrogen and oxygen atoms in total. The van der Waals surface area contributed by atoms with E-state index < -0.39 is 0 Å². The van der Waals surface area contributed by atoms with E-state index in [9.17, 15) is 14.4 Å². The van der Waals surface area contributed by atoms with Crippen molar-refractivity contribution < 1.29 is 9.59 Å². The van der Waals surface area contributed by atoms with Crippen molar-refractivity contribution in [3.05, 3.63) is 88.4 Å². The molecule has 0 spiro atoms. The third-order valence-electron chi connectivity index (χ3n) is 6.04.